The smallest absolute Gasteiger partial charge is 0.481 e. The predicted molar refractivity (Wildman–Crippen MR) is 68.1 cm³/mol. The van der Waals surface area contributed by atoms with Gasteiger partial charge < -0.3 is 19.2 Å². The molecule has 0 bridgehead atoms. The SMILES string of the molecule is COc1ncc(B(O)OCC(C)(C)C)c(OC)n1. The van der Waals surface area contributed by atoms with E-state index in [4.69, 9.17) is 14.1 Å². The van der Waals surface area contributed by atoms with Crippen molar-refractivity contribution >= 4 is 12.6 Å². The Hall–Kier alpha value is -1.34. The summed E-state index contributed by atoms with van der Waals surface area (Å²) in [7, 11) is 1.80. The van der Waals surface area contributed by atoms with E-state index < -0.39 is 7.12 Å². The highest BCUT2D eigenvalue weighted by atomic mass is 16.5. The van der Waals surface area contributed by atoms with E-state index in [9.17, 15) is 5.02 Å². The maximum Gasteiger partial charge on any atom is 0.498 e. The fourth-order valence-electron chi connectivity index (χ4n) is 1.21. The van der Waals surface area contributed by atoms with Crippen LogP contribution < -0.4 is 14.9 Å². The number of methoxy groups -OCH3 is 2. The van der Waals surface area contributed by atoms with Crippen LogP contribution in [0.5, 0.6) is 11.9 Å². The summed E-state index contributed by atoms with van der Waals surface area (Å²) in [6, 6.07) is 0.179. The standard InChI is InChI=1S/C11H19BN2O4/c1-11(2,3)7-18-12(15)8-6-13-10(17-5)14-9(8)16-4/h6,15H,7H2,1-5H3. The third-order valence-electron chi connectivity index (χ3n) is 2.07. The molecule has 0 fully saturated rings. The van der Waals surface area contributed by atoms with Crippen molar-refractivity contribution in [1.82, 2.24) is 9.97 Å². The zero-order valence-corrected chi connectivity index (χ0v) is 11.4. The molecule has 1 rings (SSSR count). The van der Waals surface area contributed by atoms with Gasteiger partial charge in [-0.15, -0.1) is 0 Å². The molecule has 0 atom stereocenters. The summed E-state index contributed by atoms with van der Waals surface area (Å²) in [5.74, 6) is 0.239. The van der Waals surface area contributed by atoms with Crippen LogP contribution in [0.15, 0.2) is 6.20 Å². The monoisotopic (exact) mass is 254 g/mol. The van der Waals surface area contributed by atoms with Crippen LogP contribution in [-0.2, 0) is 4.65 Å². The maximum absolute atomic E-state index is 9.94. The van der Waals surface area contributed by atoms with Crippen LogP contribution >= 0.6 is 0 Å². The summed E-state index contributed by atoms with van der Waals surface area (Å²) in [6.45, 7) is 6.45. The van der Waals surface area contributed by atoms with Gasteiger partial charge in [0.15, 0.2) is 0 Å². The molecule has 6 nitrogen and oxygen atoms in total. The molecule has 18 heavy (non-hydrogen) atoms. The van der Waals surface area contributed by atoms with Crippen molar-refractivity contribution in [3.05, 3.63) is 6.20 Å². The summed E-state index contributed by atoms with van der Waals surface area (Å²) in [5.41, 5.74) is 0.337. The Kier molecular flexibility index (Phi) is 4.92. The molecule has 1 heterocycles. The van der Waals surface area contributed by atoms with Gasteiger partial charge in [-0.1, -0.05) is 20.8 Å². The summed E-state index contributed by atoms with van der Waals surface area (Å²) in [4.78, 5) is 7.90. The van der Waals surface area contributed by atoms with Crippen molar-refractivity contribution in [2.45, 2.75) is 20.8 Å². The number of aromatic nitrogens is 2. The molecular weight excluding hydrogens is 235 g/mol. The molecule has 1 N–H and O–H groups in total. The highest BCUT2D eigenvalue weighted by Gasteiger charge is 2.25. The second-order valence-corrected chi connectivity index (χ2v) is 5.05. The van der Waals surface area contributed by atoms with E-state index in [1.54, 1.807) is 0 Å². The van der Waals surface area contributed by atoms with Crippen molar-refractivity contribution in [3.63, 3.8) is 0 Å². The lowest BCUT2D eigenvalue weighted by molar-refractivity contribution is 0.174. The van der Waals surface area contributed by atoms with E-state index in [2.05, 4.69) is 9.97 Å². The molecule has 1 aromatic rings. The average Bonchev–Trinajstić information content (AvgIpc) is 2.34. The molecule has 0 aliphatic carbocycles. The first-order chi connectivity index (χ1) is 8.37. The van der Waals surface area contributed by atoms with Crippen LogP contribution in [0.4, 0.5) is 0 Å². The van der Waals surface area contributed by atoms with Crippen LogP contribution in [0.1, 0.15) is 20.8 Å². The van der Waals surface area contributed by atoms with Gasteiger partial charge in [-0.05, 0) is 5.41 Å². The normalized spacial score (nSPS) is 11.2. The number of nitrogens with zero attached hydrogens (tertiary/aromatic N) is 2. The number of rotatable bonds is 5. The third kappa shape index (κ3) is 4.16. The van der Waals surface area contributed by atoms with Crippen molar-refractivity contribution in [3.8, 4) is 11.9 Å². The van der Waals surface area contributed by atoms with Crippen LogP contribution in [-0.4, -0.2) is 42.9 Å². The molecule has 0 aliphatic rings. The summed E-state index contributed by atoms with van der Waals surface area (Å²) in [5, 5.41) is 9.94. The Morgan fingerprint density at radius 1 is 1.28 bits per heavy atom. The minimum atomic E-state index is -1.12. The van der Waals surface area contributed by atoms with E-state index in [1.165, 1.54) is 20.4 Å². The zero-order valence-electron chi connectivity index (χ0n) is 11.4. The zero-order chi connectivity index (χ0) is 13.8. The third-order valence-corrected chi connectivity index (χ3v) is 2.07. The first-order valence-corrected chi connectivity index (χ1v) is 5.62. The highest BCUT2D eigenvalue weighted by molar-refractivity contribution is 6.60. The maximum atomic E-state index is 9.94. The van der Waals surface area contributed by atoms with Crippen molar-refractivity contribution in [2.24, 2.45) is 5.41 Å². The topological polar surface area (TPSA) is 73.7 Å². The van der Waals surface area contributed by atoms with Gasteiger partial charge in [0, 0.05) is 12.8 Å². The Labute approximate surface area is 107 Å². The lowest BCUT2D eigenvalue weighted by Crippen LogP contribution is -2.38. The van der Waals surface area contributed by atoms with Crippen molar-refractivity contribution < 1.29 is 19.2 Å². The summed E-state index contributed by atoms with van der Waals surface area (Å²) in [6.07, 6.45) is 1.43. The molecule has 0 unspecified atom stereocenters. The van der Waals surface area contributed by atoms with Crippen LogP contribution in [0, 0.1) is 5.41 Å². The second kappa shape index (κ2) is 6.02. The van der Waals surface area contributed by atoms with E-state index in [-0.39, 0.29) is 17.3 Å². The van der Waals surface area contributed by atoms with E-state index >= 15 is 0 Å². The largest absolute Gasteiger partial charge is 0.498 e. The van der Waals surface area contributed by atoms with Crippen LogP contribution in [0.2, 0.25) is 0 Å². The number of hydrogen-bond donors (Lipinski definition) is 1. The average molecular weight is 254 g/mol. The van der Waals surface area contributed by atoms with Crippen LogP contribution in [0.3, 0.4) is 0 Å². The minimum Gasteiger partial charge on any atom is -0.481 e. The quantitative estimate of drug-likeness (QED) is 0.759. The van der Waals surface area contributed by atoms with Gasteiger partial charge in [0.2, 0.25) is 5.88 Å². The first kappa shape index (κ1) is 14.7. The molecule has 0 aromatic carbocycles. The van der Waals surface area contributed by atoms with Gasteiger partial charge in [0.25, 0.3) is 0 Å². The van der Waals surface area contributed by atoms with Crippen LogP contribution in [0.25, 0.3) is 0 Å². The van der Waals surface area contributed by atoms with Gasteiger partial charge in [0.05, 0.1) is 19.7 Å². The van der Waals surface area contributed by atoms with Crippen molar-refractivity contribution in [2.75, 3.05) is 20.8 Å². The number of hydrogen-bond acceptors (Lipinski definition) is 6. The molecule has 0 saturated carbocycles. The molecule has 1 aromatic heterocycles. The molecule has 7 heteroatoms. The molecule has 0 radical (unpaired) electrons. The Balaban J connectivity index is 2.81. The minimum absolute atomic E-state index is 0.0401. The summed E-state index contributed by atoms with van der Waals surface area (Å²) < 4.78 is 15.3. The summed E-state index contributed by atoms with van der Waals surface area (Å²) >= 11 is 0. The fourth-order valence-corrected chi connectivity index (χ4v) is 1.21. The van der Waals surface area contributed by atoms with Gasteiger partial charge in [-0.25, -0.2) is 4.98 Å². The molecular formula is C11H19BN2O4. The predicted octanol–water partition coefficient (Wildman–Crippen LogP) is 0.244. The Morgan fingerprint density at radius 2 is 1.94 bits per heavy atom. The van der Waals surface area contributed by atoms with Gasteiger partial charge in [-0.2, -0.15) is 4.98 Å². The van der Waals surface area contributed by atoms with E-state index in [0.717, 1.165) is 0 Å². The lowest BCUT2D eigenvalue weighted by atomic mass is 9.80. The van der Waals surface area contributed by atoms with Gasteiger partial charge in [-0.3, -0.25) is 0 Å². The Morgan fingerprint density at radius 3 is 2.44 bits per heavy atom. The lowest BCUT2D eigenvalue weighted by Gasteiger charge is -2.20. The van der Waals surface area contributed by atoms with E-state index in [0.29, 0.717) is 12.1 Å². The van der Waals surface area contributed by atoms with E-state index in [1.807, 2.05) is 20.8 Å². The first-order valence-electron chi connectivity index (χ1n) is 5.62. The molecule has 0 spiro atoms. The molecule has 0 aliphatic heterocycles. The van der Waals surface area contributed by atoms with Gasteiger partial charge in [0.1, 0.15) is 0 Å². The highest BCUT2D eigenvalue weighted by Crippen LogP contribution is 2.14. The number of ether oxygens (including phenoxy) is 2. The second-order valence-electron chi connectivity index (χ2n) is 5.05. The Bertz CT molecular complexity index is 395. The fraction of sp³-hybridized carbons (Fsp3) is 0.636. The molecule has 0 saturated heterocycles. The van der Waals surface area contributed by atoms with Crippen molar-refractivity contribution in [1.29, 1.82) is 0 Å². The molecule has 100 valence electrons. The van der Waals surface area contributed by atoms with Gasteiger partial charge >= 0.3 is 13.1 Å². The molecule has 0 amide bonds.